The Morgan fingerprint density at radius 1 is 1.31 bits per heavy atom. The quantitative estimate of drug-likeness (QED) is 0.754. The third kappa shape index (κ3) is 3.59. The Labute approximate surface area is 110 Å². The van der Waals surface area contributed by atoms with E-state index in [-0.39, 0.29) is 0 Å². The Morgan fingerprint density at radius 2 is 1.88 bits per heavy atom. The predicted molar refractivity (Wildman–Crippen MR) is 72.2 cm³/mol. The van der Waals surface area contributed by atoms with Gasteiger partial charge in [0.25, 0.3) is 0 Å². The van der Waals surface area contributed by atoms with Crippen LogP contribution in [0.2, 0.25) is 0 Å². The van der Waals surface area contributed by atoms with Gasteiger partial charge in [-0.25, -0.2) is 9.97 Å². The van der Waals surface area contributed by atoms with Crippen LogP contribution in [0.1, 0.15) is 26.7 Å². The molecular formula is C11H17BrClN3. The summed E-state index contributed by atoms with van der Waals surface area (Å²) in [6.45, 7) is 5.14. The second kappa shape index (κ2) is 7.07. The fourth-order valence-corrected chi connectivity index (χ4v) is 2.11. The lowest BCUT2D eigenvalue weighted by Gasteiger charge is -2.29. The molecule has 0 N–H and O–H groups in total. The van der Waals surface area contributed by atoms with E-state index in [4.69, 9.17) is 11.6 Å². The van der Waals surface area contributed by atoms with Crippen molar-refractivity contribution in [3.63, 3.8) is 0 Å². The first kappa shape index (κ1) is 13.7. The normalized spacial score (nSPS) is 10.8. The summed E-state index contributed by atoms with van der Waals surface area (Å²) in [6.07, 6.45) is 5.69. The van der Waals surface area contributed by atoms with Crippen LogP contribution in [0.15, 0.2) is 16.9 Å². The van der Waals surface area contributed by atoms with Crippen molar-refractivity contribution in [3.8, 4) is 0 Å². The molecule has 0 spiro atoms. The Hall–Kier alpha value is -0.350. The lowest BCUT2D eigenvalue weighted by Crippen LogP contribution is -2.37. The molecule has 0 aliphatic heterocycles. The van der Waals surface area contributed by atoms with Crippen LogP contribution in [0.5, 0.6) is 0 Å². The molecule has 1 aromatic rings. The summed E-state index contributed by atoms with van der Waals surface area (Å²) in [5.41, 5.74) is 0. The third-order valence-corrected chi connectivity index (χ3v) is 3.15. The summed E-state index contributed by atoms with van der Waals surface area (Å²) in [6, 6.07) is 0.458. The van der Waals surface area contributed by atoms with Gasteiger partial charge in [0.2, 0.25) is 5.95 Å². The summed E-state index contributed by atoms with van der Waals surface area (Å²) in [4.78, 5) is 10.8. The highest BCUT2D eigenvalue weighted by atomic mass is 79.9. The van der Waals surface area contributed by atoms with Gasteiger partial charge in [-0.2, -0.15) is 0 Å². The fourth-order valence-electron chi connectivity index (χ4n) is 1.72. The number of halogens is 2. The van der Waals surface area contributed by atoms with Crippen molar-refractivity contribution in [1.29, 1.82) is 0 Å². The van der Waals surface area contributed by atoms with E-state index < -0.39 is 0 Å². The Bertz CT molecular complexity index is 301. The number of nitrogens with zero attached hydrogens (tertiary/aromatic N) is 3. The fraction of sp³-hybridized carbons (Fsp3) is 0.636. The van der Waals surface area contributed by atoms with Crippen molar-refractivity contribution in [1.82, 2.24) is 9.97 Å². The molecule has 16 heavy (non-hydrogen) atoms. The summed E-state index contributed by atoms with van der Waals surface area (Å²) in [5.74, 6) is 1.35. The number of anilines is 1. The summed E-state index contributed by atoms with van der Waals surface area (Å²) in [7, 11) is 0. The molecule has 0 saturated heterocycles. The first-order valence-corrected chi connectivity index (χ1v) is 6.85. The average molecular weight is 307 g/mol. The highest BCUT2D eigenvalue weighted by Crippen LogP contribution is 2.17. The standard InChI is InChI=1S/C11H17BrClN3/c1-3-10(4-2)16(6-5-13)11-14-7-9(12)8-15-11/h7-8,10H,3-6H2,1-2H3. The van der Waals surface area contributed by atoms with Crippen molar-refractivity contribution in [2.45, 2.75) is 32.7 Å². The molecule has 90 valence electrons. The van der Waals surface area contributed by atoms with Crippen LogP contribution in [-0.2, 0) is 0 Å². The van der Waals surface area contributed by atoms with E-state index in [0.717, 1.165) is 29.8 Å². The third-order valence-electron chi connectivity index (χ3n) is 2.57. The van der Waals surface area contributed by atoms with E-state index in [1.807, 2.05) is 0 Å². The molecule has 1 heterocycles. The van der Waals surface area contributed by atoms with Crippen LogP contribution in [0.3, 0.4) is 0 Å². The minimum atomic E-state index is 0.458. The Balaban J connectivity index is 2.87. The predicted octanol–water partition coefficient (Wildman–Crippen LogP) is 3.47. The molecule has 0 fully saturated rings. The minimum absolute atomic E-state index is 0.458. The first-order chi connectivity index (χ1) is 7.72. The molecule has 0 unspecified atom stereocenters. The molecule has 0 amide bonds. The lowest BCUT2D eigenvalue weighted by atomic mass is 10.1. The summed E-state index contributed by atoms with van der Waals surface area (Å²) in [5, 5.41) is 0. The molecule has 0 aromatic carbocycles. The van der Waals surface area contributed by atoms with Gasteiger partial charge in [-0.1, -0.05) is 13.8 Å². The maximum absolute atomic E-state index is 5.83. The van der Waals surface area contributed by atoms with Gasteiger partial charge in [0.1, 0.15) is 0 Å². The second-order valence-electron chi connectivity index (χ2n) is 3.55. The minimum Gasteiger partial charge on any atom is -0.337 e. The molecule has 1 aromatic heterocycles. The van der Waals surface area contributed by atoms with Gasteiger partial charge in [0, 0.05) is 30.9 Å². The largest absolute Gasteiger partial charge is 0.337 e. The zero-order valence-electron chi connectivity index (χ0n) is 9.66. The molecule has 0 radical (unpaired) electrons. The molecule has 0 aliphatic rings. The van der Waals surface area contributed by atoms with E-state index in [0.29, 0.717) is 11.9 Å². The van der Waals surface area contributed by atoms with E-state index >= 15 is 0 Å². The van der Waals surface area contributed by atoms with E-state index in [2.05, 4.69) is 44.6 Å². The molecule has 1 rings (SSSR count). The van der Waals surface area contributed by atoms with E-state index in [1.54, 1.807) is 12.4 Å². The zero-order valence-corrected chi connectivity index (χ0v) is 12.0. The SMILES string of the molecule is CCC(CC)N(CCCl)c1ncc(Br)cn1. The van der Waals surface area contributed by atoms with Crippen molar-refractivity contribution in [3.05, 3.63) is 16.9 Å². The van der Waals surface area contributed by atoms with Crippen molar-refractivity contribution in [2.75, 3.05) is 17.3 Å². The van der Waals surface area contributed by atoms with Crippen LogP contribution in [0.4, 0.5) is 5.95 Å². The van der Waals surface area contributed by atoms with Crippen LogP contribution in [0.25, 0.3) is 0 Å². The first-order valence-electron chi connectivity index (χ1n) is 5.53. The van der Waals surface area contributed by atoms with Crippen molar-refractivity contribution >= 4 is 33.5 Å². The summed E-state index contributed by atoms with van der Waals surface area (Å²) < 4.78 is 0.895. The Kier molecular flexibility index (Phi) is 6.06. The highest BCUT2D eigenvalue weighted by molar-refractivity contribution is 9.10. The van der Waals surface area contributed by atoms with Gasteiger partial charge in [0.05, 0.1) is 4.47 Å². The van der Waals surface area contributed by atoms with E-state index in [1.165, 1.54) is 0 Å². The lowest BCUT2D eigenvalue weighted by molar-refractivity contribution is 0.556. The molecule has 0 saturated carbocycles. The summed E-state index contributed by atoms with van der Waals surface area (Å²) >= 11 is 9.16. The van der Waals surface area contributed by atoms with Gasteiger partial charge in [-0.05, 0) is 28.8 Å². The van der Waals surface area contributed by atoms with Gasteiger partial charge < -0.3 is 4.90 Å². The molecule has 0 bridgehead atoms. The average Bonchev–Trinajstić information content (AvgIpc) is 2.31. The number of hydrogen-bond acceptors (Lipinski definition) is 3. The topological polar surface area (TPSA) is 29.0 Å². The van der Waals surface area contributed by atoms with Crippen LogP contribution < -0.4 is 4.90 Å². The monoisotopic (exact) mass is 305 g/mol. The van der Waals surface area contributed by atoms with Crippen LogP contribution in [0, 0.1) is 0 Å². The van der Waals surface area contributed by atoms with Crippen LogP contribution >= 0.6 is 27.5 Å². The number of alkyl halides is 1. The molecule has 0 aliphatic carbocycles. The molecule has 0 atom stereocenters. The number of rotatable bonds is 6. The Morgan fingerprint density at radius 3 is 2.31 bits per heavy atom. The zero-order chi connectivity index (χ0) is 12.0. The number of aromatic nitrogens is 2. The van der Waals surface area contributed by atoms with Gasteiger partial charge >= 0.3 is 0 Å². The molecule has 3 nitrogen and oxygen atoms in total. The van der Waals surface area contributed by atoms with Gasteiger partial charge in [-0.3, -0.25) is 0 Å². The maximum Gasteiger partial charge on any atom is 0.225 e. The smallest absolute Gasteiger partial charge is 0.225 e. The van der Waals surface area contributed by atoms with E-state index in [9.17, 15) is 0 Å². The van der Waals surface area contributed by atoms with Crippen molar-refractivity contribution < 1.29 is 0 Å². The van der Waals surface area contributed by atoms with Crippen molar-refractivity contribution in [2.24, 2.45) is 0 Å². The molecule has 5 heteroatoms. The highest BCUT2D eigenvalue weighted by Gasteiger charge is 2.17. The maximum atomic E-state index is 5.83. The molecular weight excluding hydrogens is 289 g/mol. The second-order valence-corrected chi connectivity index (χ2v) is 4.85. The van der Waals surface area contributed by atoms with Crippen LogP contribution in [-0.4, -0.2) is 28.4 Å². The number of hydrogen-bond donors (Lipinski definition) is 0. The van der Waals surface area contributed by atoms with Gasteiger partial charge in [0.15, 0.2) is 0 Å². The van der Waals surface area contributed by atoms with Gasteiger partial charge in [-0.15, -0.1) is 11.6 Å².